The van der Waals surface area contributed by atoms with Crippen LogP contribution in [-0.2, 0) is 9.47 Å². The maximum absolute atomic E-state index is 6.54. The van der Waals surface area contributed by atoms with Gasteiger partial charge in [0.05, 0.1) is 24.9 Å². The van der Waals surface area contributed by atoms with Crippen molar-refractivity contribution in [1.82, 2.24) is 10.2 Å². The van der Waals surface area contributed by atoms with Gasteiger partial charge in [-0.25, -0.2) is 0 Å². The molecule has 122 valence electrons. The summed E-state index contributed by atoms with van der Waals surface area (Å²) < 4.78 is 12.2. The Morgan fingerprint density at radius 3 is 2.86 bits per heavy atom. The van der Waals surface area contributed by atoms with Crippen LogP contribution in [0.2, 0.25) is 0 Å². The van der Waals surface area contributed by atoms with Crippen LogP contribution in [0.15, 0.2) is 0 Å². The maximum Gasteiger partial charge on any atom is 0.0710 e. The molecule has 0 aromatic heterocycles. The second-order valence-electron chi connectivity index (χ2n) is 7.05. The van der Waals surface area contributed by atoms with Crippen LogP contribution in [0.25, 0.3) is 0 Å². The molecule has 1 aliphatic carbocycles. The highest BCUT2D eigenvalue weighted by Crippen LogP contribution is 2.42. The molecular weight excluding hydrogens is 264 g/mol. The van der Waals surface area contributed by atoms with E-state index in [2.05, 4.69) is 17.1 Å². The topological polar surface area (TPSA) is 33.7 Å². The highest BCUT2D eigenvalue weighted by Gasteiger charge is 2.41. The largest absolute Gasteiger partial charge is 0.378 e. The van der Waals surface area contributed by atoms with E-state index in [0.29, 0.717) is 12.1 Å². The Hall–Kier alpha value is -0.160. The minimum absolute atomic E-state index is 0.256. The number of hydrogen-bond donors (Lipinski definition) is 1. The normalized spacial score (nSPS) is 33.6. The van der Waals surface area contributed by atoms with Crippen molar-refractivity contribution in [3.8, 4) is 0 Å². The van der Waals surface area contributed by atoms with Crippen LogP contribution in [0.4, 0.5) is 0 Å². The van der Waals surface area contributed by atoms with E-state index < -0.39 is 0 Å². The molecule has 2 aliphatic heterocycles. The fourth-order valence-corrected chi connectivity index (χ4v) is 4.28. The quantitative estimate of drug-likeness (QED) is 0.843. The van der Waals surface area contributed by atoms with Gasteiger partial charge in [0.1, 0.15) is 0 Å². The molecule has 1 saturated carbocycles. The molecule has 0 amide bonds. The SMILES string of the molecule is CCNCC1COCCN1CC1CCC2(CCCCC2)O1. The Morgan fingerprint density at radius 1 is 1.19 bits per heavy atom. The molecule has 21 heavy (non-hydrogen) atoms. The number of likely N-dealkylation sites (N-methyl/N-ethyl adjacent to an activating group) is 1. The third-order valence-corrected chi connectivity index (χ3v) is 5.52. The van der Waals surface area contributed by atoms with Crippen LogP contribution in [0.3, 0.4) is 0 Å². The van der Waals surface area contributed by atoms with Gasteiger partial charge in [0.15, 0.2) is 0 Å². The first-order valence-corrected chi connectivity index (χ1v) is 9.02. The smallest absolute Gasteiger partial charge is 0.0710 e. The van der Waals surface area contributed by atoms with E-state index in [1.165, 1.54) is 44.9 Å². The highest BCUT2D eigenvalue weighted by molar-refractivity contribution is 4.93. The zero-order valence-corrected chi connectivity index (χ0v) is 13.6. The van der Waals surface area contributed by atoms with Gasteiger partial charge in [-0.2, -0.15) is 0 Å². The average molecular weight is 296 g/mol. The molecule has 2 saturated heterocycles. The maximum atomic E-state index is 6.54. The van der Waals surface area contributed by atoms with Crippen molar-refractivity contribution in [2.24, 2.45) is 0 Å². The monoisotopic (exact) mass is 296 g/mol. The second-order valence-corrected chi connectivity index (χ2v) is 7.05. The summed E-state index contributed by atoms with van der Waals surface area (Å²) in [6.45, 7) is 8.14. The lowest BCUT2D eigenvalue weighted by molar-refractivity contribution is -0.0872. The Kier molecular flexibility index (Phi) is 5.54. The van der Waals surface area contributed by atoms with Gasteiger partial charge in [0, 0.05) is 25.7 Å². The second kappa shape index (κ2) is 7.40. The van der Waals surface area contributed by atoms with E-state index in [9.17, 15) is 0 Å². The number of nitrogens with zero attached hydrogens (tertiary/aromatic N) is 1. The molecule has 2 heterocycles. The molecule has 0 bridgehead atoms. The lowest BCUT2D eigenvalue weighted by Gasteiger charge is -2.38. The number of hydrogen-bond acceptors (Lipinski definition) is 4. The van der Waals surface area contributed by atoms with Crippen molar-refractivity contribution in [2.75, 3.05) is 39.4 Å². The molecule has 3 aliphatic rings. The number of ether oxygens (including phenoxy) is 2. The lowest BCUT2D eigenvalue weighted by Crippen LogP contribution is -2.52. The first kappa shape index (κ1) is 15.7. The molecule has 2 unspecified atom stereocenters. The van der Waals surface area contributed by atoms with Crippen LogP contribution >= 0.6 is 0 Å². The number of rotatable bonds is 5. The minimum atomic E-state index is 0.256. The van der Waals surface area contributed by atoms with Crippen LogP contribution in [0.5, 0.6) is 0 Å². The lowest BCUT2D eigenvalue weighted by atomic mass is 9.83. The molecule has 3 rings (SSSR count). The average Bonchev–Trinajstić information content (AvgIpc) is 2.89. The summed E-state index contributed by atoms with van der Waals surface area (Å²) in [6.07, 6.45) is 9.74. The summed E-state index contributed by atoms with van der Waals surface area (Å²) in [5, 5.41) is 3.47. The van der Waals surface area contributed by atoms with Gasteiger partial charge >= 0.3 is 0 Å². The van der Waals surface area contributed by atoms with Crippen LogP contribution in [-0.4, -0.2) is 62.0 Å². The van der Waals surface area contributed by atoms with Gasteiger partial charge in [-0.15, -0.1) is 0 Å². The molecule has 0 aromatic carbocycles. The van der Waals surface area contributed by atoms with Crippen molar-refractivity contribution >= 4 is 0 Å². The summed E-state index contributed by atoms with van der Waals surface area (Å²) in [5.41, 5.74) is 0.256. The molecular formula is C17H32N2O2. The molecule has 2 atom stereocenters. The highest BCUT2D eigenvalue weighted by atomic mass is 16.5. The van der Waals surface area contributed by atoms with E-state index in [1.807, 2.05) is 0 Å². The zero-order valence-electron chi connectivity index (χ0n) is 13.6. The standard InChI is InChI=1S/C17H32N2O2/c1-2-18-12-15-14-20-11-10-19(15)13-16-6-9-17(21-16)7-4-3-5-8-17/h15-16,18H,2-14H2,1H3. The predicted octanol–water partition coefficient (Wildman–Crippen LogP) is 2.18. The third-order valence-electron chi connectivity index (χ3n) is 5.52. The third kappa shape index (κ3) is 3.98. The minimum Gasteiger partial charge on any atom is -0.378 e. The van der Waals surface area contributed by atoms with Crippen molar-refractivity contribution in [3.05, 3.63) is 0 Å². The fraction of sp³-hybridized carbons (Fsp3) is 1.00. The van der Waals surface area contributed by atoms with Crippen molar-refractivity contribution in [2.45, 2.75) is 69.6 Å². The van der Waals surface area contributed by atoms with E-state index in [0.717, 1.165) is 39.4 Å². The fourth-order valence-electron chi connectivity index (χ4n) is 4.28. The van der Waals surface area contributed by atoms with E-state index in [1.54, 1.807) is 0 Å². The van der Waals surface area contributed by atoms with Crippen molar-refractivity contribution < 1.29 is 9.47 Å². The summed E-state index contributed by atoms with van der Waals surface area (Å²) in [7, 11) is 0. The zero-order chi connectivity index (χ0) is 14.5. The van der Waals surface area contributed by atoms with E-state index >= 15 is 0 Å². The summed E-state index contributed by atoms with van der Waals surface area (Å²) in [4.78, 5) is 2.60. The molecule has 1 spiro atoms. The van der Waals surface area contributed by atoms with Gasteiger partial charge in [0.25, 0.3) is 0 Å². The predicted molar refractivity (Wildman–Crippen MR) is 84.6 cm³/mol. The van der Waals surface area contributed by atoms with Crippen LogP contribution in [0, 0.1) is 0 Å². The van der Waals surface area contributed by atoms with Gasteiger partial charge < -0.3 is 14.8 Å². The Labute approximate surface area is 129 Å². The first-order chi connectivity index (χ1) is 10.3. The summed E-state index contributed by atoms with van der Waals surface area (Å²) in [5.74, 6) is 0. The van der Waals surface area contributed by atoms with Crippen LogP contribution < -0.4 is 5.32 Å². The number of nitrogens with one attached hydrogen (secondary N) is 1. The summed E-state index contributed by atoms with van der Waals surface area (Å²) >= 11 is 0. The molecule has 0 aromatic rings. The van der Waals surface area contributed by atoms with Gasteiger partial charge in [-0.1, -0.05) is 26.2 Å². The van der Waals surface area contributed by atoms with Crippen molar-refractivity contribution in [3.63, 3.8) is 0 Å². The Bertz CT molecular complexity index is 318. The first-order valence-electron chi connectivity index (χ1n) is 9.02. The Balaban J connectivity index is 1.50. The van der Waals surface area contributed by atoms with E-state index in [4.69, 9.17) is 9.47 Å². The molecule has 0 radical (unpaired) electrons. The molecule has 1 N–H and O–H groups in total. The number of morpholine rings is 1. The Morgan fingerprint density at radius 2 is 2.05 bits per heavy atom. The van der Waals surface area contributed by atoms with E-state index in [-0.39, 0.29) is 5.60 Å². The van der Waals surface area contributed by atoms with Gasteiger partial charge in [-0.05, 0) is 32.2 Å². The molecule has 3 fully saturated rings. The van der Waals surface area contributed by atoms with Crippen molar-refractivity contribution in [1.29, 1.82) is 0 Å². The van der Waals surface area contributed by atoms with Gasteiger partial charge in [0.2, 0.25) is 0 Å². The van der Waals surface area contributed by atoms with Crippen LogP contribution in [0.1, 0.15) is 51.9 Å². The molecule has 4 nitrogen and oxygen atoms in total. The summed E-state index contributed by atoms with van der Waals surface area (Å²) in [6, 6.07) is 0.519. The van der Waals surface area contributed by atoms with Gasteiger partial charge in [-0.3, -0.25) is 4.90 Å². The molecule has 4 heteroatoms.